The summed E-state index contributed by atoms with van der Waals surface area (Å²) in [4.78, 5) is 1.80. The maximum absolute atomic E-state index is 14.2. The van der Waals surface area contributed by atoms with Gasteiger partial charge in [0, 0.05) is 13.1 Å². The van der Waals surface area contributed by atoms with Gasteiger partial charge < -0.3 is 10.6 Å². The summed E-state index contributed by atoms with van der Waals surface area (Å²) in [5.74, 6) is -0.514. The number of nitrogens with two attached hydrogens (primary N) is 1. The number of anilines is 1. The minimum absolute atomic E-state index is 0.0974. The van der Waals surface area contributed by atoms with Crippen molar-refractivity contribution in [2.24, 2.45) is 11.7 Å². The van der Waals surface area contributed by atoms with E-state index >= 15 is 0 Å². The van der Waals surface area contributed by atoms with Crippen LogP contribution in [-0.4, -0.2) is 19.6 Å². The van der Waals surface area contributed by atoms with Crippen LogP contribution in [0, 0.1) is 17.6 Å². The molecular formula is C16H26F2N2. The Labute approximate surface area is 121 Å². The lowest BCUT2D eigenvalue weighted by atomic mass is 10.0. The number of hydrogen-bond donors (Lipinski definition) is 1. The topological polar surface area (TPSA) is 29.3 Å². The van der Waals surface area contributed by atoms with Gasteiger partial charge in [0.15, 0.2) is 0 Å². The van der Waals surface area contributed by atoms with Crippen LogP contribution in [0.4, 0.5) is 14.5 Å². The summed E-state index contributed by atoms with van der Waals surface area (Å²) in [5.41, 5.74) is 6.14. The third-order valence-electron chi connectivity index (χ3n) is 3.84. The van der Waals surface area contributed by atoms with Crippen molar-refractivity contribution in [3.8, 4) is 0 Å². The van der Waals surface area contributed by atoms with Crippen molar-refractivity contribution >= 4 is 5.69 Å². The first kappa shape index (κ1) is 16.9. The van der Waals surface area contributed by atoms with E-state index in [4.69, 9.17) is 5.73 Å². The van der Waals surface area contributed by atoms with Gasteiger partial charge in [0.25, 0.3) is 0 Å². The van der Waals surface area contributed by atoms with Gasteiger partial charge in [-0.1, -0.05) is 26.7 Å². The van der Waals surface area contributed by atoms with Gasteiger partial charge in [-0.3, -0.25) is 0 Å². The van der Waals surface area contributed by atoms with Crippen molar-refractivity contribution in [3.63, 3.8) is 0 Å². The number of rotatable bonds is 8. The van der Waals surface area contributed by atoms with Gasteiger partial charge >= 0.3 is 0 Å². The molecule has 0 unspecified atom stereocenters. The van der Waals surface area contributed by atoms with Crippen LogP contribution in [0.5, 0.6) is 0 Å². The molecule has 0 amide bonds. The standard InChI is InChI=1S/C16H26F2N2/c1-4-12(5-2)11-20(6-3)16-14(17)9-13(7-8-19)10-15(16)18/h9-10,12H,4-8,11,19H2,1-3H3. The van der Waals surface area contributed by atoms with E-state index in [2.05, 4.69) is 13.8 Å². The quantitative estimate of drug-likeness (QED) is 0.788. The van der Waals surface area contributed by atoms with E-state index in [9.17, 15) is 8.78 Å². The van der Waals surface area contributed by atoms with E-state index in [0.717, 1.165) is 12.8 Å². The Hall–Kier alpha value is -1.16. The van der Waals surface area contributed by atoms with Crippen LogP contribution in [0.1, 0.15) is 39.2 Å². The fraction of sp³-hybridized carbons (Fsp3) is 0.625. The van der Waals surface area contributed by atoms with Crippen LogP contribution in [0.15, 0.2) is 12.1 Å². The minimum Gasteiger partial charge on any atom is -0.367 e. The molecule has 2 nitrogen and oxygen atoms in total. The Morgan fingerprint density at radius 3 is 2.05 bits per heavy atom. The summed E-state index contributed by atoms with van der Waals surface area (Å²) in [7, 11) is 0. The first-order valence-corrected chi connectivity index (χ1v) is 7.50. The average molecular weight is 284 g/mol. The molecule has 0 bridgehead atoms. The SMILES string of the molecule is CCC(CC)CN(CC)c1c(F)cc(CCN)cc1F. The predicted octanol–water partition coefficient (Wildman–Crippen LogP) is 3.73. The van der Waals surface area contributed by atoms with Crippen molar-refractivity contribution in [1.29, 1.82) is 0 Å². The zero-order chi connectivity index (χ0) is 15.1. The summed E-state index contributed by atoms with van der Waals surface area (Å²) in [6.07, 6.45) is 2.52. The highest BCUT2D eigenvalue weighted by molar-refractivity contribution is 5.50. The number of nitrogens with zero attached hydrogens (tertiary/aromatic N) is 1. The third kappa shape index (κ3) is 4.17. The fourth-order valence-electron chi connectivity index (χ4n) is 2.47. The monoisotopic (exact) mass is 284 g/mol. The summed E-state index contributed by atoms with van der Waals surface area (Å²) < 4.78 is 28.4. The van der Waals surface area contributed by atoms with Gasteiger partial charge in [-0.2, -0.15) is 0 Å². The van der Waals surface area contributed by atoms with Gasteiger partial charge in [0.2, 0.25) is 0 Å². The van der Waals surface area contributed by atoms with Crippen molar-refractivity contribution in [3.05, 3.63) is 29.3 Å². The van der Waals surface area contributed by atoms with Gasteiger partial charge in [-0.05, 0) is 43.5 Å². The first-order valence-electron chi connectivity index (χ1n) is 7.50. The molecule has 0 aliphatic heterocycles. The molecule has 0 saturated heterocycles. The molecule has 4 heteroatoms. The van der Waals surface area contributed by atoms with Crippen LogP contribution in [0.25, 0.3) is 0 Å². The van der Waals surface area contributed by atoms with Crippen LogP contribution >= 0.6 is 0 Å². The molecule has 20 heavy (non-hydrogen) atoms. The van der Waals surface area contributed by atoms with E-state index in [0.29, 0.717) is 37.5 Å². The summed E-state index contributed by atoms with van der Waals surface area (Å²) in [6.45, 7) is 7.82. The lowest BCUT2D eigenvalue weighted by molar-refractivity contribution is 0.475. The Balaban J connectivity index is 3.03. The zero-order valence-corrected chi connectivity index (χ0v) is 12.8. The maximum Gasteiger partial charge on any atom is 0.149 e. The second-order valence-corrected chi connectivity index (χ2v) is 5.17. The normalized spacial score (nSPS) is 11.2. The molecule has 0 fully saturated rings. The summed E-state index contributed by atoms with van der Waals surface area (Å²) in [5, 5.41) is 0. The van der Waals surface area contributed by atoms with Crippen LogP contribution in [-0.2, 0) is 6.42 Å². The molecule has 2 N–H and O–H groups in total. The summed E-state index contributed by atoms with van der Waals surface area (Å²) in [6, 6.07) is 2.81. The van der Waals surface area contributed by atoms with Crippen molar-refractivity contribution < 1.29 is 8.78 Å². The Bertz CT molecular complexity index is 394. The van der Waals surface area contributed by atoms with E-state index < -0.39 is 11.6 Å². The lowest BCUT2D eigenvalue weighted by Crippen LogP contribution is -2.30. The van der Waals surface area contributed by atoms with Gasteiger partial charge in [-0.15, -0.1) is 0 Å². The van der Waals surface area contributed by atoms with Gasteiger partial charge in [0.05, 0.1) is 0 Å². The maximum atomic E-state index is 14.2. The van der Waals surface area contributed by atoms with Crippen LogP contribution in [0.2, 0.25) is 0 Å². The first-order chi connectivity index (χ1) is 9.57. The van der Waals surface area contributed by atoms with E-state index in [-0.39, 0.29) is 5.69 Å². The van der Waals surface area contributed by atoms with E-state index in [1.165, 1.54) is 12.1 Å². The molecule has 1 aromatic carbocycles. The smallest absolute Gasteiger partial charge is 0.149 e. The largest absolute Gasteiger partial charge is 0.367 e. The van der Waals surface area contributed by atoms with Crippen molar-refractivity contribution in [2.75, 3.05) is 24.5 Å². The predicted molar refractivity (Wildman–Crippen MR) is 81.1 cm³/mol. The third-order valence-corrected chi connectivity index (χ3v) is 3.84. The van der Waals surface area contributed by atoms with Crippen molar-refractivity contribution in [2.45, 2.75) is 40.0 Å². The molecule has 1 rings (SSSR count). The molecule has 1 aromatic rings. The van der Waals surface area contributed by atoms with E-state index in [1.54, 1.807) is 4.90 Å². The highest BCUT2D eigenvalue weighted by atomic mass is 19.1. The van der Waals surface area contributed by atoms with Crippen LogP contribution < -0.4 is 10.6 Å². The van der Waals surface area contributed by atoms with Crippen LogP contribution in [0.3, 0.4) is 0 Å². The minimum atomic E-state index is -0.485. The van der Waals surface area contributed by atoms with Crippen molar-refractivity contribution in [1.82, 2.24) is 0 Å². The molecule has 0 aliphatic rings. The fourth-order valence-corrected chi connectivity index (χ4v) is 2.47. The molecule has 0 aromatic heterocycles. The van der Waals surface area contributed by atoms with E-state index in [1.807, 2.05) is 6.92 Å². The molecular weight excluding hydrogens is 258 g/mol. The highest BCUT2D eigenvalue weighted by Crippen LogP contribution is 2.27. The number of benzene rings is 1. The Morgan fingerprint density at radius 2 is 1.65 bits per heavy atom. The second-order valence-electron chi connectivity index (χ2n) is 5.17. The zero-order valence-electron chi connectivity index (χ0n) is 12.8. The molecule has 0 spiro atoms. The summed E-state index contributed by atoms with van der Waals surface area (Å²) >= 11 is 0. The highest BCUT2D eigenvalue weighted by Gasteiger charge is 2.19. The molecule has 0 heterocycles. The molecule has 0 saturated carbocycles. The molecule has 0 radical (unpaired) electrons. The average Bonchev–Trinajstić information content (AvgIpc) is 2.42. The van der Waals surface area contributed by atoms with Gasteiger partial charge in [0.1, 0.15) is 17.3 Å². The number of halogens is 2. The lowest BCUT2D eigenvalue weighted by Gasteiger charge is -2.28. The Morgan fingerprint density at radius 1 is 1.10 bits per heavy atom. The molecule has 114 valence electrons. The van der Waals surface area contributed by atoms with Gasteiger partial charge in [-0.25, -0.2) is 8.78 Å². The molecule has 0 aliphatic carbocycles. The Kier molecular flexibility index (Phi) is 6.93. The number of hydrogen-bond acceptors (Lipinski definition) is 2. The molecule has 0 atom stereocenters. The second kappa shape index (κ2) is 8.20.